The number of hydrogen-bond donors (Lipinski definition) is 2. The van der Waals surface area contributed by atoms with Gasteiger partial charge in [0, 0.05) is 49.7 Å². The van der Waals surface area contributed by atoms with Gasteiger partial charge in [0.25, 0.3) is 0 Å². The van der Waals surface area contributed by atoms with Gasteiger partial charge in [-0.1, -0.05) is 6.07 Å². The maximum absolute atomic E-state index is 4.72. The molecule has 5 rings (SSSR count). The molecule has 6 heteroatoms. The van der Waals surface area contributed by atoms with E-state index in [1.165, 1.54) is 17.5 Å². The number of benzene rings is 1. The Balaban J connectivity index is 1.35. The second-order valence-corrected chi connectivity index (χ2v) is 7.03. The third kappa shape index (κ3) is 2.34. The number of hydrogen-bond acceptors (Lipinski definition) is 6. The van der Waals surface area contributed by atoms with E-state index in [0.717, 1.165) is 50.2 Å². The van der Waals surface area contributed by atoms with Gasteiger partial charge in [0.15, 0.2) is 0 Å². The summed E-state index contributed by atoms with van der Waals surface area (Å²) in [6.07, 6.45) is 5.00. The first-order chi connectivity index (χ1) is 11.8. The Morgan fingerprint density at radius 2 is 2.17 bits per heavy atom. The van der Waals surface area contributed by atoms with Gasteiger partial charge in [-0.2, -0.15) is 4.98 Å². The van der Waals surface area contributed by atoms with E-state index in [1.807, 2.05) is 18.5 Å². The van der Waals surface area contributed by atoms with Crippen LogP contribution >= 0.6 is 0 Å². The van der Waals surface area contributed by atoms with E-state index in [9.17, 15) is 0 Å². The van der Waals surface area contributed by atoms with E-state index in [0.29, 0.717) is 5.41 Å². The highest BCUT2D eigenvalue weighted by Crippen LogP contribution is 2.35. The fourth-order valence-electron chi connectivity index (χ4n) is 3.77. The highest BCUT2D eigenvalue weighted by molar-refractivity contribution is 5.86. The van der Waals surface area contributed by atoms with Crippen LogP contribution in [0.15, 0.2) is 35.5 Å². The van der Waals surface area contributed by atoms with Crippen molar-refractivity contribution < 1.29 is 0 Å². The summed E-state index contributed by atoms with van der Waals surface area (Å²) in [7, 11) is 0. The molecule has 24 heavy (non-hydrogen) atoms. The Hall–Kier alpha value is -2.47. The second-order valence-electron chi connectivity index (χ2n) is 7.03. The van der Waals surface area contributed by atoms with Crippen LogP contribution in [0.1, 0.15) is 17.5 Å². The van der Waals surface area contributed by atoms with Crippen LogP contribution in [0.4, 0.5) is 17.5 Å². The summed E-state index contributed by atoms with van der Waals surface area (Å²) in [5.41, 5.74) is 3.95. The highest BCUT2D eigenvalue weighted by Gasteiger charge is 2.43. The first-order valence-electron chi connectivity index (χ1n) is 8.48. The van der Waals surface area contributed by atoms with Crippen LogP contribution in [0.2, 0.25) is 0 Å². The largest absolute Gasteiger partial charge is 0.340 e. The molecule has 2 N–H and O–H groups in total. The van der Waals surface area contributed by atoms with Gasteiger partial charge < -0.3 is 15.5 Å². The molecule has 2 aromatic rings. The first-order valence-corrected chi connectivity index (χ1v) is 8.48. The van der Waals surface area contributed by atoms with Crippen molar-refractivity contribution in [3.63, 3.8) is 0 Å². The Kier molecular flexibility index (Phi) is 3.06. The minimum atomic E-state index is 0.451. The van der Waals surface area contributed by atoms with Crippen LogP contribution < -0.4 is 15.5 Å². The molecule has 3 aliphatic rings. The number of aliphatic imine (C=N–C) groups is 1. The number of nitrogens with zero attached hydrogens (tertiary/aromatic N) is 4. The molecule has 6 nitrogen and oxygen atoms in total. The van der Waals surface area contributed by atoms with Gasteiger partial charge in [0.2, 0.25) is 5.95 Å². The van der Waals surface area contributed by atoms with Crippen LogP contribution in [0.25, 0.3) is 0 Å². The van der Waals surface area contributed by atoms with Gasteiger partial charge in [0.1, 0.15) is 5.82 Å². The van der Waals surface area contributed by atoms with Gasteiger partial charge in [-0.3, -0.25) is 4.99 Å². The van der Waals surface area contributed by atoms with Crippen molar-refractivity contribution >= 4 is 23.7 Å². The normalized spacial score (nSPS) is 20.2. The van der Waals surface area contributed by atoms with Crippen molar-refractivity contribution in [1.82, 2.24) is 15.3 Å². The fourth-order valence-corrected chi connectivity index (χ4v) is 3.77. The summed E-state index contributed by atoms with van der Waals surface area (Å²) in [5.74, 6) is 1.66. The van der Waals surface area contributed by atoms with Gasteiger partial charge in [-0.25, -0.2) is 4.98 Å². The van der Waals surface area contributed by atoms with Crippen molar-refractivity contribution in [2.75, 3.05) is 36.4 Å². The standard InChI is InChI=1S/C18H20N6/c1-2-15(7-14-9-19-8-13(1)14)22-16-3-5-21-17(23-16)24-6-4-18(12-24)10-20-11-18/h1-3,5,7,9,20H,4,6,8,10-12H2,(H,21,22,23). The number of rotatable bonds is 3. The molecule has 4 heterocycles. The number of nitrogens with one attached hydrogen (secondary N) is 2. The molecule has 1 aromatic carbocycles. The van der Waals surface area contributed by atoms with Gasteiger partial charge in [-0.15, -0.1) is 0 Å². The molecule has 0 bridgehead atoms. The molecule has 0 aliphatic carbocycles. The van der Waals surface area contributed by atoms with E-state index in [4.69, 9.17) is 4.98 Å². The minimum absolute atomic E-state index is 0.451. The first kappa shape index (κ1) is 13.9. The van der Waals surface area contributed by atoms with E-state index < -0.39 is 0 Å². The Labute approximate surface area is 141 Å². The lowest BCUT2D eigenvalue weighted by Crippen LogP contribution is -2.54. The molecule has 2 fully saturated rings. The zero-order valence-corrected chi connectivity index (χ0v) is 13.5. The molecule has 0 saturated carbocycles. The summed E-state index contributed by atoms with van der Waals surface area (Å²) in [4.78, 5) is 15.8. The second kappa shape index (κ2) is 5.27. The monoisotopic (exact) mass is 320 g/mol. The van der Waals surface area contributed by atoms with Crippen LogP contribution in [0, 0.1) is 5.41 Å². The molecule has 0 atom stereocenters. The Morgan fingerprint density at radius 1 is 1.21 bits per heavy atom. The molecular formula is C18H20N6. The molecule has 0 amide bonds. The predicted octanol–water partition coefficient (Wildman–Crippen LogP) is 1.95. The smallest absolute Gasteiger partial charge is 0.227 e. The zero-order chi connectivity index (χ0) is 16.0. The molecule has 3 aliphatic heterocycles. The quantitative estimate of drug-likeness (QED) is 0.905. The molecule has 1 aromatic heterocycles. The fraction of sp³-hybridized carbons (Fsp3) is 0.389. The van der Waals surface area contributed by atoms with E-state index in [2.05, 4.69) is 43.7 Å². The van der Waals surface area contributed by atoms with E-state index >= 15 is 0 Å². The highest BCUT2D eigenvalue weighted by atomic mass is 15.3. The van der Waals surface area contributed by atoms with Crippen molar-refractivity contribution in [3.05, 3.63) is 41.6 Å². The summed E-state index contributed by atoms with van der Waals surface area (Å²) in [5, 5.41) is 6.78. The van der Waals surface area contributed by atoms with E-state index in [1.54, 1.807) is 0 Å². The summed E-state index contributed by atoms with van der Waals surface area (Å²) in [6.45, 7) is 5.13. The lowest BCUT2D eigenvalue weighted by molar-refractivity contribution is 0.199. The number of anilines is 3. The molecule has 0 radical (unpaired) electrons. The summed E-state index contributed by atoms with van der Waals surface area (Å²) in [6, 6.07) is 8.25. The summed E-state index contributed by atoms with van der Waals surface area (Å²) >= 11 is 0. The van der Waals surface area contributed by atoms with Gasteiger partial charge >= 0.3 is 0 Å². The lowest BCUT2D eigenvalue weighted by atomic mass is 9.81. The van der Waals surface area contributed by atoms with Crippen molar-refractivity contribution in [1.29, 1.82) is 0 Å². The average Bonchev–Trinajstić information content (AvgIpc) is 3.21. The topological polar surface area (TPSA) is 65.4 Å². The van der Waals surface area contributed by atoms with Crippen molar-refractivity contribution in [2.24, 2.45) is 10.4 Å². The van der Waals surface area contributed by atoms with Crippen LogP contribution in [-0.2, 0) is 6.54 Å². The SMILES string of the molecule is C1=NCc2ccc(Nc3ccnc(N4CCC5(CNC5)C4)n3)cc21. The number of fused-ring (bicyclic) bond motifs is 1. The van der Waals surface area contributed by atoms with Crippen LogP contribution in [-0.4, -0.2) is 42.4 Å². The molecule has 122 valence electrons. The van der Waals surface area contributed by atoms with Gasteiger partial charge in [0.05, 0.1) is 6.54 Å². The Bertz CT molecular complexity index is 811. The van der Waals surface area contributed by atoms with Crippen molar-refractivity contribution in [3.8, 4) is 0 Å². The molecular weight excluding hydrogens is 300 g/mol. The van der Waals surface area contributed by atoms with Gasteiger partial charge in [-0.05, 0) is 35.7 Å². The third-order valence-corrected chi connectivity index (χ3v) is 5.27. The summed E-state index contributed by atoms with van der Waals surface area (Å²) < 4.78 is 0. The minimum Gasteiger partial charge on any atom is -0.340 e. The lowest BCUT2D eigenvalue weighted by Gasteiger charge is -2.38. The maximum Gasteiger partial charge on any atom is 0.227 e. The Morgan fingerprint density at radius 3 is 3.00 bits per heavy atom. The molecule has 0 unspecified atom stereocenters. The van der Waals surface area contributed by atoms with E-state index in [-0.39, 0.29) is 0 Å². The zero-order valence-electron chi connectivity index (χ0n) is 13.5. The van der Waals surface area contributed by atoms with Crippen molar-refractivity contribution in [2.45, 2.75) is 13.0 Å². The van der Waals surface area contributed by atoms with Crippen LogP contribution in [0.5, 0.6) is 0 Å². The predicted molar refractivity (Wildman–Crippen MR) is 95.2 cm³/mol. The molecule has 1 spiro atoms. The number of aromatic nitrogens is 2. The maximum atomic E-state index is 4.72. The molecule has 2 saturated heterocycles. The third-order valence-electron chi connectivity index (χ3n) is 5.27. The van der Waals surface area contributed by atoms with Crippen LogP contribution in [0.3, 0.4) is 0 Å². The average molecular weight is 320 g/mol.